The van der Waals surface area contributed by atoms with Crippen molar-refractivity contribution < 1.29 is 46.5 Å². The maximum atomic E-state index is 11.8. The van der Waals surface area contributed by atoms with Crippen LogP contribution in [0.4, 0.5) is 5.82 Å². The molecule has 0 aliphatic rings. The van der Waals surface area contributed by atoms with E-state index in [1.54, 1.807) is 0 Å². The molecule has 0 spiro atoms. The van der Waals surface area contributed by atoms with Crippen LogP contribution >= 0.6 is 23.5 Å². The summed E-state index contributed by atoms with van der Waals surface area (Å²) in [5, 5.41) is 0. The summed E-state index contributed by atoms with van der Waals surface area (Å²) in [6.07, 6.45) is 0.989. The van der Waals surface area contributed by atoms with Gasteiger partial charge in [-0.1, -0.05) is 0 Å². The molecular weight excluding hydrogens is 462 g/mol. The fourth-order valence-corrected chi connectivity index (χ4v) is 4.97. The molecule has 2 rings (SSSR count). The fourth-order valence-electron chi connectivity index (χ4n) is 1.35. The first-order valence-electron chi connectivity index (χ1n) is 5.31. The second kappa shape index (κ2) is 6.45. The number of aromatic nitrogens is 4. The molecule has 19 heteroatoms. The molecule has 24 heavy (non-hydrogen) atoms. The molecule has 2 unspecified atom stereocenters. The number of nitrogen functional groups attached to an aromatic ring is 1. The van der Waals surface area contributed by atoms with Gasteiger partial charge in [-0.25, -0.2) is 0 Å². The van der Waals surface area contributed by atoms with Gasteiger partial charge < -0.3 is 0 Å². The van der Waals surface area contributed by atoms with Gasteiger partial charge in [-0.2, -0.15) is 0 Å². The molecule has 15 nitrogen and oxygen atoms in total. The molecule has 2 aromatic heterocycles. The number of phosphoric acid groups is 3. The van der Waals surface area contributed by atoms with Gasteiger partial charge in [-0.05, 0) is 0 Å². The predicted molar refractivity (Wildman–Crippen MR) is 77.0 cm³/mol. The van der Waals surface area contributed by atoms with Gasteiger partial charge in [0.05, 0.1) is 0 Å². The number of anilines is 1. The monoisotopic (exact) mass is 471 g/mol. The molecule has 0 saturated carbocycles. The van der Waals surface area contributed by atoms with Crippen molar-refractivity contribution >= 4 is 61.2 Å². The summed E-state index contributed by atoms with van der Waals surface area (Å²) in [4.78, 5) is 46.6. The number of hydrogen-bond acceptors (Lipinski definition) is 10. The molecule has 0 radical (unpaired) electrons. The Balaban J connectivity index is 2.32. The SMILES string of the molecule is Nc1ncnc2c1nc([SeH])n2OP(=O)(O)OP(=O)(O)OP(=O)(O)O. The minimum absolute atomic E-state index is 0.00762. The van der Waals surface area contributed by atoms with Crippen molar-refractivity contribution in [1.82, 2.24) is 19.7 Å². The number of rotatable bonds is 6. The van der Waals surface area contributed by atoms with Crippen molar-refractivity contribution in [2.24, 2.45) is 0 Å². The Morgan fingerprint density at radius 3 is 2.29 bits per heavy atom. The van der Waals surface area contributed by atoms with E-state index in [-0.39, 0.29) is 21.7 Å². The van der Waals surface area contributed by atoms with E-state index in [4.69, 9.17) is 20.4 Å². The molecule has 0 aliphatic carbocycles. The zero-order chi connectivity index (χ0) is 18.3. The van der Waals surface area contributed by atoms with Gasteiger partial charge in [-0.3, -0.25) is 0 Å². The van der Waals surface area contributed by atoms with Crippen molar-refractivity contribution in [3.8, 4) is 0 Å². The number of hydrogen-bond donors (Lipinski definition) is 5. The Hall–Kier alpha value is -0.881. The van der Waals surface area contributed by atoms with Gasteiger partial charge in [0.1, 0.15) is 0 Å². The van der Waals surface area contributed by atoms with E-state index in [2.05, 4.69) is 28.2 Å². The van der Waals surface area contributed by atoms with Crippen LogP contribution in [-0.2, 0) is 22.3 Å². The van der Waals surface area contributed by atoms with Gasteiger partial charge in [0.15, 0.2) is 0 Å². The number of fused-ring (bicyclic) bond motifs is 1. The zero-order valence-electron chi connectivity index (χ0n) is 11.0. The summed E-state index contributed by atoms with van der Waals surface area (Å²) >= 11 is 1.83. The average molecular weight is 470 g/mol. The van der Waals surface area contributed by atoms with E-state index in [0.717, 1.165) is 6.33 Å². The van der Waals surface area contributed by atoms with Crippen LogP contribution in [0.25, 0.3) is 11.2 Å². The fraction of sp³-hybridized carbons (Fsp3) is 0. The zero-order valence-corrected chi connectivity index (χ0v) is 15.5. The molecule has 0 fully saturated rings. The molecule has 0 amide bonds. The molecule has 0 aromatic carbocycles. The van der Waals surface area contributed by atoms with Crippen LogP contribution in [-0.4, -0.2) is 55.3 Å². The molecule has 0 aliphatic heterocycles. The molecule has 0 bridgehead atoms. The Morgan fingerprint density at radius 1 is 1.08 bits per heavy atom. The second-order valence-corrected chi connectivity index (χ2v) is 8.97. The van der Waals surface area contributed by atoms with Crippen molar-refractivity contribution in [3.63, 3.8) is 0 Å². The third-order valence-corrected chi connectivity index (χ3v) is 6.31. The van der Waals surface area contributed by atoms with Crippen LogP contribution in [0.2, 0.25) is 0 Å². The van der Waals surface area contributed by atoms with Crippen LogP contribution in [0.15, 0.2) is 6.33 Å². The third-order valence-electron chi connectivity index (χ3n) is 2.02. The standard InChI is InChI=1S/C5H8N5O10P3Se/c6-3-2-4(8-1-7-3)10(5(24)9-2)18-22(14,15)20-23(16,17)19-21(11,12)13/h1H,(H,9,24)(H,14,15)(H,16,17)(H2,6,7,8)(H2,11,12,13). The van der Waals surface area contributed by atoms with Gasteiger partial charge in [0, 0.05) is 0 Å². The summed E-state index contributed by atoms with van der Waals surface area (Å²) in [5.74, 6) is -0.0824. The molecular formula is C5H8N5O10P3Se. The molecule has 2 atom stereocenters. The average Bonchev–Trinajstić information content (AvgIpc) is 2.63. The Labute approximate surface area is 140 Å². The van der Waals surface area contributed by atoms with E-state index < -0.39 is 23.5 Å². The van der Waals surface area contributed by atoms with E-state index in [0.29, 0.717) is 4.73 Å². The van der Waals surface area contributed by atoms with Crippen LogP contribution in [0, 0.1) is 0 Å². The quantitative estimate of drug-likeness (QED) is 0.221. The first kappa shape index (κ1) is 19.4. The summed E-state index contributed by atoms with van der Waals surface area (Å²) in [6, 6.07) is 0. The van der Waals surface area contributed by atoms with E-state index >= 15 is 0 Å². The first-order valence-corrected chi connectivity index (χ1v) is 10.8. The van der Waals surface area contributed by atoms with Crippen molar-refractivity contribution in [3.05, 3.63) is 6.33 Å². The summed E-state index contributed by atoms with van der Waals surface area (Å²) in [5.41, 5.74) is 5.34. The van der Waals surface area contributed by atoms with Crippen LogP contribution in [0.5, 0.6) is 0 Å². The van der Waals surface area contributed by atoms with Gasteiger partial charge in [0.25, 0.3) is 0 Å². The summed E-state index contributed by atoms with van der Waals surface area (Å²) < 4.78 is 45.7. The molecule has 6 N–H and O–H groups in total. The number of nitrogens with zero attached hydrogens (tertiary/aromatic N) is 4. The van der Waals surface area contributed by atoms with Crippen LogP contribution in [0.1, 0.15) is 0 Å². The Bertz CT molecular complexity index is 925. The van der Waals surface area contributed by atoms with E-state index in [1.807, 2.05) is 16.0 Å². The topological polar surface area (TPSA) is 229 Å². The van der Waals surface area contributed by atoms with Gasteiger partial charge in [0.2, 0.25) is 0 Å². The number of nitrogens with two attached hydrogens (primary N) is 1. The Kier molecular flexibility index (Phi) is 5.22. The maximum absolute atomic E-state index is 11.8. The second-order valence-electron chi connectivity index (χ2n) is 3.81. The van der Waals surface area contributed by atoms with E-state index in [1.165, 1.54) is 0 Å². The van der Waals surface area contributed by atoms with Crippen LogP contribution < -0.4 is 15.1 Å². The Morgan fingerprint density at radius 2 is 1.71 bits per heavy atom. The van der Waals surface area contributed by atoms with Gasteiger partial charge in [-0.15, -0.1) is 0 Å². The van der Waals surface area contributed by atoms with E-state index in [9.17, 15) is 18.6 Å². The van der Waals surface area contributed by atoms with Crippen molar-refractivity contribution in [2.75, 3.05) is 5.73 Å². The van der Waals surface area contributed by atoms with Crippen molar-refractivity contribution in [1.29, 1.82) is 0 Å². The molecule has 134 valence electrons. The molecule has 0 saturated heterocycles. The molecule has 2 aromatic rings. The summed E-state index contributed by atoms with van der Waals surface area (Å²) in [7, 11) is -16.5. The first-order chi connectivity index (χ1) is 10.8. The normalized spacial score (nSPS) is 17.4. The third kappa shape index (κ3) is 4.82. The molecule has 2 heterocycles. The summed E-state index contributed by atoms with van der Waals surface area (Å²) in [6.45, 7) is 0. The van der Waals surface area contributed by atoms with Gasteiger partial charge >= 0.3 is 139 Å². The van der Waals surface area contributed by atoms with Crippen LogP contribution in [0.3, 0.4) is 0 Å². The number of imidazole rings is 1. The predicted octanol–water partition coefficient (Wildman–Crippen LogP) is -2.31. The van der Waals surface area contributed by atoms with Crippen molar-refractivity contribution in [2.45, 2.75) is 0 Å². The minimum atomic E-state index is -5.64.